The number of carbonyl (C=O) groups excluding carboxylic acids is 3. The second-order valence-electron chi connectivity index (χ2n) is 8.14. The van der Waals surface area contributed by atoms with Crippen molar-refractivity contribution in [3.63, 3.8) is 0 Å². The number of hydrogen-bond donors (Lipinski definition) is 1. The molecule has 0 saturated carbocycles. The van der Waals surface area contributed by atoms with Crippen LogP contribution in [0.15, 0.2) is 78.9 Å². The Kier molecular flexibility index (Phi) is 5.83. The van der Waals surface area contributed by atoms with Gasteiger partial charge in [-0.15, -0.1) is 11.8 Å². The molecule has 1 saturated heterocycles. The van der Waals surface area contributed by atoms with E-state index in [1.54, 1.807) is 30.3 Å². The van der Waals surface area contributed by atoms with Crippen LogP contribution in [0, 0.1) is 5.82 Å². The molecule has 1 spiro atoms. The molecule has 1 fully saturated rings. The van der Waals surface area contributed by atoms with Crippen molar-refractivity contribution in [2.24, 2.45) is 0 Å². The number of nitrogens with one attached hydrogen (secondary N) is 1. The summed E-state index contributed by atoms with van der Waals surface area (Å²) in [4.78, 5) is 41.0. The van der Waals surface area contributed by atoms with Crippen molar-refractivity contribution in [1.29, 1.82) is 0 Å². The van der Waals surface area contributed by atoms with Gasteiger partial charge in [0.05, 0.1) is 11.4 Å². The standard InChI is InChI=1S/C26H22FN3O3S/c27-19-9-6-10-20(15-19)30-24(32)17-34-26(30)21-11-4-5-12-22(21)29(25(26)33)16-23(31)28-14-13-18-7-2-1-3-8-18/h1-12,15H,13-14,16-17H2,(H,28,31)/t26-/m1/s1. The molecule has 0 radical (unpaired) electrons. The average Bonchev–Trinajstić information content (AvgIpc) is 3.31. The first-order valence-electron chi connectivity index (χ1n) is 11.0. The van der Waals surface area contributed by atoms with Crippen LogP contribution in [-0.4, -0.2) is 36.6 Å². The highest BCUT2D eigenvalue weighted by Crippen LogP contribution is 2.55. The summed E-state index contributed by atoms with van der Waals surface area (Å²) in [6, 6.07) is 22.6. The van der Waals surface area contributed by atoms with Crippen LogP contribution in [-0.2, 0) is 25.7 Å². The molecule has 8 heteroatoms. The van der Waals surface area contributed by atoms with Gasteiger partial charge in [0, 0.05) is 17.8 Å². The van der Waals surface area contributed by atoms with Crippen LogP contribution in [0.5, 0.6) is 0 Å². The fourth-order valence-electron chi connectivity index (χ4n) is 4.52. The molecule has 3 amide bonds. The number of anilines is 2. The molecule has 3 aromatic rings. The summed E-state index contributed by atoms with van der Waals surface area (Å²) in [5.74, 6) is -1.37. The monoisotopic (exact) mass is 475 g/mol. The van der Waals surface area contributed by atoms with Crippen molar-refractivity contribution in [3.05, 3.63) is 95.8 Å². The molecule has 0 unspecified atom stereocenters. The number of fused-ring (bicyclic) bond motifs is 2. The van der Waals surface area contributed by atoms with Gasteiger partial charge in [0.1, 0.15) is 12.4 Å². The molecular formula is C26H22FN3O3S. The van der Waals surface area contributed by atoms with E-state index in [4.69, 9.17) is 0 Å². The predicted octanol–water partition coefficient (Wildman–Crippen LogP) is 3.46. The van der Waals surface area contributed by atoms with Gasteiger partial charge in [0.2, 0.25) is 16.7 Å². The normalized spacial score (nSPS) is 19.1. The molecule has 2 aliphatic heterocycles. The SMILES string of the molecule is O=C(CN1C(=O)[C@]2(SCC(=O)N2c2cccc(F)c2)c2ccccc21)NCCc1ccccc1. The Balaban J connectivity index is 1.41. The number of benzene rings is 3. The third kappa shape index (κ3) is 3.74. The predicted molar refractivity (Wildman–Crippen MR) is 130 cm³/mol. The first kappa shape index (κ1) is 22.2. The highest BCUT2D eigenvalue weighted by atomic mass is 32.2. The van der Waals surface area contributed by atoms with Crippen LogP contribution in [0.1, 0.15) is 11.1 Å². The van der Waals surface area contributed by atoms with Gasteiger partial charge in [-0.2, -0.15) is 0 Å². The van der Waals surface area contributed by atoms with Gasteiger partial charge in [-0.05, 0) is 36.2 Å². The minimum atomic E-state index is -1.37. The van der Waals surface area contributed by atoms with Crippen LogP contribution in [0.2, 0.25) is 0 Å². The fourth-order valence-corrected chi connectivity index (χ4v) is 5.88. The van der Waals surface area contributed by atoms with E-state index in [0.717, 1.165) is 5.56 Å². The number of rotatable bonds is 6. The third-order valence-electron chi connectivity index (χ3n) is 6.01. The summed E-state index contributed by atoms with van der Waals surface area (Å²) in [7, 11) is 0. The average molecular weight is 476 g/mol. The Morgan fingerprint density at radius 1 is 1.00 bits per heavy atom. The van der Waals surface area contributed by atoms with Crippen LogP contribution >= 0.6 is 11.8 Å². The molecule has 172 valence electrons. The van der Waals surface area contributed by atoms with E-state index in [9.17, 15) is 18.8 Å². The quantitative estimate of drug-likeness (QED) is 0.593. The van der Waals surface area contributed by atoms with E-state index >= 15 is 0 Å². The Morgan fingerprint density at radius 3 is 2.56 bits per heavy atom. The summed E-state index contributed by atoms with van der Waals surface area (Å²) in [5, 5.41) is 2.88. The number of hydrogen-bond acceptors (Lipinski definition) is 4. The molecule has 1 atom stereocenters. The van der Waals surface area contributed by atoms with E-state index in [-0.39, 0.29) is 30.0 Å². The smallest absolute Gasteiger partial charge is 0.269 e. The summed E-state index contributed by atoms with van der Waals surface area (Å²) in [5.41, 5.74) is 2.62. The Hall–Kier alpha value is -3.65. The zero-order valence-corrected chi connectivity index (χ0v) is 19.1. The number of para-hydroxylation sites is 1. The van der Waals surface area contributed by atoms with Crippen molar-refractivity contribution in [1.82, 2.24) is 5.32 Å². The molecule has 34 heavy (non-hydrogen) atoms. The maximum atomic E-state index is 14.0. The van der Waals surface area contributed by atoms with Crippen LogP contribution in [0.25, 0.3) is 0 Å². The molecular weight excluding hydrogens is 453 g/mol. The van der Waals surface area contributed by atoms with Crippen LogP contribution in [0.4, 0.5) is 15.8 Å². The minimum absolute atomic E-state index is 0.0771. The third-order valence-corrected chi connectivity index (χ3v) is 7.40. The number of nitrogens with zero attached hydrogens (tertiary/aromatic N) is 2. The van der Waals surface area contributed by atoms with Crippen molar-refractivity contribution in [2.75, 3.05) is 28.6 Å². The lowest BCUT2D eigenvalue weighted by molar-refractivity contribution is -0.125. The molecule has 2 heterocycles. The van der Waals surface area contributed by atoms with Gasteiger partial charge in [-0.1, -0.05) is 54.6 Å². The molecule has 0 bridgehead atoms. The van der Waals surface area contributed by atoms with Crippen molar-refractivity contribution in [2.45, 2.75) is 11.3 Å². The summed E-state index contributed by atoms with van der Waals surface area (Å²) < 4.78 is 14.0. The lowest BCUT2D eigenvalue weighted by atomic mass is 10.0. The molecule has 5 rings (SSSR count). The highest BCUT2D eigenvalue weighted by Gasteiger charge is 2.61. The molecule has 0 aliphatic carbocycles. The summed E-state index contributed by atoms with van der Waals surface area (Å²) in [6.45, 7) is 0.276. The lowest BCUT2D eigenvalue weighted by Crippen LogP contribution is -2.51. The minimum Gasteiger partial charge on any atom is -0.354 e. The molecule has 0 aromatic heterocycles. The first-order chi connectivity index (χ1) is 16.5. The number of halogens is 1. The fraction of sp³-hybridized carbons (Fsp3) is 0.192. The molecule has 3 aromatic carbocycles. The second-order valence-corrected chi connectivity index (χ2v) is 9.30. The van der Waals surface area contributed by atoms with E-state index in [1.807, 2.05) is 30.3 Å². The van der Waals surface area contributed by atoms with Gasteiger partial charge in [0.15, 0.2) is 0 Å². The van der Waals surface area contributed by atoms with Gasteiger partial charge < -0.3 is 5.32 Å². The number of amides is 3. The second kappa shape index (κ2) is 8.95. The van der Waals surface area contributed by atoms with Crippen molar-refractivity contribution < 1.29 is 18.8 Å². The first-order valence-corrected chi connectivity index (χ1v) is 11.9. The lowest BCUT2D eigenvalue weighted by Gasteiger charge is -2.33. The molecule has 2 aliphatic rings. The van der Waals surface area contributed by atoms with Gasteiger partial charge in [0.25, 0.3) is 5.91 Å². The van der Waals surface area contributed by atoms with Crippen molar-refractivity contribution in [3.8, 4) is 0 Å². The summed E-state index contributed by atoms with van der Waals surface area (Å²) >= 11 is 1.20. The van der Waals surface area contributed by atoms with E-state index in [1.165, 1.54) is 39.8 Å². The Labute approximate surface area is 200 Å². The molecule has 6 nitrogen and oxygen atoms in total. The van der Waals surface area contributed by atoms with E-state index < -0.39 is 10.7 Å². The van der Waals surface area contributed by atoms with Crippen LogP contribution < -0.4 is 15.1 Å². The largest absolute Gasteiger partial charge is 0.354 e. The Bertz CT molecular complexity index is 1270. The maximum absolute atomic E-state index is 14.0. The number of thioether (sulfide) groups is 1. The van der Waals surface area contributed by atoms with E-state index in [0.29, 0.717) is 29.9 Å². The van der Waals surface area contributed by atoms with E-state index in [2.05, 4.69) is 5.32 Å². The molecule has 1 N–H and O–H groups in total. The maximum Gasteiger partial charge on any atom is 0.269 e. The van der Waals surface area contributed by atoms with Gasteiger partial charge in [-0.3, -0.25) is 24.2 Å². The van der Waals surface area contributed by atoms with Crippen molar-refractivity contribution >= 4 is 40.9 Å². The highest BCUT2D eigenvalue weighted by molar-refractivity contribution is 8.02. The zero-order chi connectivity index (χ0) is 23.7. The van der Waals surface area contributed by atoms with Gasteiger partial charge in [-0.25, -0.2) is 4.39 Å². The van der Waals surface area contributed by atoms with Gasteiger partial charge >= 0.3 is 0 Å². The number of carbonyl (C=O) groups is 3. The zero-order valence-electron chi connectivity index (χ0n) is 18.2. The topological polar surface area (TPSA) is 69.7 Å². The summed E-state index contributed by atoms with van der Waals surface area (Å²) in [6.07, 6.45) is 0.679. The Morgan fingerprint density at radius 2 is 1.76 bits per heavy atom. The van der Waals surface area contributed by atoms with Crippen LogP contribution in [0.3, 0.4) is 0 Å².